The standard InChI is InChI=1S/C16H26N2O2/c1-10-14(11(2)20-18-10)15(19)17-13-9-7-6-8-12(13)16(3,4)5/h12-13H,6-9H2,1-5H3,(H,17,19)/t12-,13+/m1/s1. The number of carbonyl (C=O) groups is 1. The first-order valence-corrected chi connectivity index (χ1v) is 7.54. The fraction of sp³-hybridized carbons (Fsp3) is 0.750. The Bertz CT molecular complexity index is 466. The van der Waals surface area contributed by atoms with Gasteiger partial charge in [0.15, 0.2) is 0 Å². The summed E-state index contributed by atoms with van der Waals surface area (Å²) in [6.07, 6.45) is 4.71. The lowest BCUT2D eigenvalue weighted by atomic mass is 9.69. The average molecular weight is 278 g/mol. The van der Waals surface area contributed by atoms with Crippen LogP contribution < -0.4 is 5.32 Å². The van der Waals surface area contributed by atoms with E-state index in [0.717, 1.165) is 6.42 Å². The summed E-state index contributed by atoms with van der Waals surface area (Å²) in [4.78, 5) is 12.5. The van der Waals surface area contributed by atoms with Crippen LogP contribution in [-0.4, -0.2) is 17.1 Å². The van der Waals surface area contributed by atoms with Crippen LogP contribution in [-0.2, 0) is 0 Å². The van der Waals surface area contributed by atoms with E-state index in [1.807, 2.05) is 6.92 Å². The Morgan fingerprint density at radius 1 is 1.25 bits per heavy atom. The Kier molecular flexibility index (Phi) is 4.21. The fourth-order valence-electron chi connectivity index (χ4n) is 3.39. The van der Waals surface area contributed by atoms with Crippen molar-refractivity contribution in [1.29, 1.82) is 0 Å². The van der Waals surface area contributed by atoms with Crippen molar-refractivity contribution >= 4 is 5.91 Å². The monoisotopic (exact) mass is 278 g/mol. The second-order valence-electron chi connectivity index (χ2n) is 7.04. The molecule has 0 spiro atoms. The number of carbonyl (C=O) groups excluding carboxylic acids is 1. The van der Waals surface area contributed by atoms with E-state index in [9.17, 15) is 4.79 Å². The number of aryl methyl sites for hydroxylation is 2. The minimum Gasteiger partial charge on any atom is -0.361 e. The highest BCUT2D eigenvalue weighted by atomic mass is 16.5. The van der Waals surface area contributed by atoms with Crippen LogP contribution in [0.5, 0.6) is 0 Å². The highest BCUT2D eigenvalue weighted by Crippen LogP contribution is 2.38. The lowest BCUT2D eigenvalue weighted by molar-refractivity contribution is 0.0828. The van der Waals surface area contributed by atoms with E-state index < -0.39 is 0 Å². The molecule has 4 nitrogen and oxygen atoms in total. The Hall–Kier alpha value is -1.32. The fourth-order valence-corrected chi connectivity index (χ4v) is 3.39. The van der Waals surface area contributed by atoms with Gasteiger partial charge < -0.3 is 9.84 Å². The molecule has 1 heterocycles. The molecule has 0 radical (unpaired) electrons. The third-order valence-corrected chi connectivity index (χ3v) is 4.46. The maximum atomic E-state index is 12.5. The van der Waals surface area contributed by atoms with Crippen LogP contribution in [0.3, 0.4) is 0 Å². The van der Waals surface area contributed by atoms with Gasteiger partial charge in [-0.1, -0.05) is 38.8 Å². The molecule has 1 aliphatic rings. The Labute approximate surface area is 121 Å². The molecule has 0 unspecified atom stereocenters. The van der Waals surface area contributed by atoms with Gasteiger partial charge in [0.05, 0.1) is 5.69 Å². The SMILES string of the molecule is Cc1noc(C)c1C(=O)N[C@H]1CCCC[C@H]1C(C)(C)C. The first kappa shape index (κ1) is 15.1. The molecule has 0 aliphatic heterocycles. The van der Waals surface area contributed by atoms with Crippen molar-refractivity contribution in [2.75, 3.05) is 0 Å². The summed E-state index contributed by atoms with van der Waals surface area (Å²) in [5, 5.41) is 7.08. The van der Waals surface area contributed by atoms with Gasteiger partial charge in [0.2, 0.25) is 0 Å². The minimum absolute atomic E-state index is 0.0394. The molecule has 1 aliphatic carbocycles. The van der Waals surface area contributed by atoms with Crippen LogP contribution in [0.15, 0.2) is 4.52 Å². The smallest absolute Gasteiger partial charge is 0.257 e. The maximum Gasteiger partial charge on any atom is 0.257 e. The maximum absolute atomic E-state index is 12.5. The van der Waals surface area contributed by atoms with Crippen LogP contribution in [0.1, 0.15) is 68.3 Å². The molecule has 1 aromatic rings. The minimum atomic E-state index is -0.0394. The van der Waals surface area contributed by atoms with E-state index in [0.29, 0.717) is 22.9 Å². The summed E-state index contributed by atoms with van der Waals surface area (Å²) in [6, 6.07) is 0.255. The quantitative estimate of drug-likeness (QED) is 0.898. The van der Waals surface area contributed by atoms with Gasteiger partial charge in [0.25, 0.3) is 5.91 Å². The third kappa shape index (κ3) is 3.05. The predicted molar refractivity (Wildman–Crippen MR) is 78.6 cm³/mol. The van der Waals surface area contributed by atoms with Crippen molar-refractivity contribution in [1.82, 2.24) is 10.5 Å². The molecule has 2 atom stereocenters. The van der Waals surface area contributed by atoms with E-state index >= 15 is 0 Å². The second kappa shape index (κ2) is 5.58. The van der Waals surface area contributed by atoms with Gasteiger partial charge in [-0.3, -0.25) is 4.79 Å². The summed E-state index contributed by atoms with van der Waals surface area (Å²) < 4.78 is 5.09. The number of rotatable bonds is 2. The van der Waals surface area contributed by atoms with Gasteiger partial charge in [-0.25, -0.2) is 0 Å². The zero-order valence-electron chi connectivity index (χ0n) is 13.2. The normalized spacial score (nSPS) is 23.6. The summed E-state index contributed by atoms with van der Waals surface area (Å²) in [6.45, 7) is 10.4. The number of amides is 1. The molecule has 20 heavy (non-hydrogen) atoms. The molecule has 1 saturated carbocycles. The molecule has 1 amide bonds. The summed E-state index contributed by atoms with van der Waals surface area (Å²) in [5.74, 6) is 1.09. The van der Waals surface area contributed by atoms with E-state index in [2.05, 4.69) is 31.2 Å². The topological polar surface area (TPSA) is 55.1 Å². The van der Waals surface area contributed by atoms with Crippen molar-refractivity contribution in [3.8, 4) is 0 Å². The Morgan fingerprint density at radius 3 is 2.45 bits per heavy atom. The number of hydrogen-bond donors (Lipinski definition) is 1. The second-order valence-corrected chi connectivity index (χ2v) is 7.04. The molecule has 0 bridgehead atoms. The number of aromatic nitrogens is 1. The highest BCUT2D eigenvalue weighted by Gasteiger charge is 2.35. The zero-order chi connectivity index (χ0) is 14.9. The van der Waals surface area contributed by atoms with Gasteiger partial charge in [-0.2, -0.15) is 0 Å². The van der Waals surface area contributed by atoms with Crippen LogP contribution in [0, 0.1) is 25.2 Å². The van der Waals surface area contributed by atoms with Crippen molar-refractivity contribution in [2.24, 2.45) is 11.3 Å². The molecule has 0 saturated heterocycles. The van der Waals surface area contributed by atoms with Gasteiger partial charge in [-0.05, 0) is 38.0 Å². The number of nitrogens with zero attached hydrogens (tertiary/aromatic N) is 1. The van der Waals surface area contributed by atoms with Gasteiger partial charge in [-0.15, -0.1) is 0 Å². The average Bonchev–Trinajstić information content (AvgIpc) is 2.68. The molecular formula is C16H26N2O2. The summed E-state index contributed by atoms with van der Waals surface area (Å²) >= 11 is 0. The molecule has 4 heteroatoms. The lowest BCUT2D eigenvalue weighted by Gasteiger charge is -2.40. The van der Waals surface area contributed by atoms with E-state index in [1.165, 1.54) is 19.3 Å². The van der Waals surface area contributed by atoms with Crippen LogP contribution in [0.2, 0.25) is 0 Å². The molecule has 2 rings (SSSR count). The van der Waals surface area contributed by atoms with E-state index in [4.69, 9.17) is 4.52 Å². The van der Waals surface area contributed by atoms with Crippen LogP contribution >= 0.6 is 0 Å². The molecule has 112 valence electrons. The Balaban J connectivity index is 2.13. The first-order valence-electron chi connectivity index (χ1n) is 7.54. The van der Waals surface area contributed by atoms with E-state index in [-0.39, 0.29) is 17.4 Å². The number of hydrogen-bond acceptors (Lipinski definition) is 3. The zero-order valence-corrected chi connectivity index (χ0v) is 13.2. The molecule has 1 N–H and O–H groups in total. The Morgan fingerprint density at radius 2 is 1.90 bits per heavy atom. The molecule has 1 aromatic heterocycles. The summed E-state index contributed by atoms with van der Waals surface area (Å²) in [5.41, 5.74) is 1.49. The van der Waals surface area contributed by atoms with Gasteiger partial charge in [0.1, 0.15) is 11.3 Å². The molecule has 0 aromatic carbocycles. The number of nitrogens with one attached hydrogen (secondary N) is 1. The van der Waals surface area contributed by atoms with E-state index in [1.54, 1.807) is 6.92 Å². The largest absolute Gasteiger partial charge is 0.361 e. The van der Waals surface area contributed by atoms with Crippen LogP contribution in [0.25, 0.3) is 0 Å². The predicted octanol–water partition coefficient (Wildman–Crippen LogP) is 3.63. The summed E-state index contributed by atoms with van der Waals surface area (Å²) in [7, 11) is 0. The molecular weight excluding hydrogens is 252 g/mol. The van der Waals surface area contributed by atoms with Gasteiger partial charge >= 0.3 is 0 Å². The highest BCUT2D eigenvalue weighted by molar-refractivity contribution is 5.96. The third-order valence-electron chi connectivity index (χ3n) is 4.46. The van der Waals surface area contributed by atoms with Crippen LogP contribution in [0.4, 0.5) is 0 Å². The van der Waals surface area contributed by atoms with Gasteiger partial charge in [0, 0.05) is 6.04 Å². The molecule has 1 fully saturated rings. The van der Waals surface area contributed by atoms with Crippen molar-refractivity contribution in [3.63, 3.8) is 0 Å². The van der Waals surface area contributed by atoms with Crippen molar-refractivity contribution in [2.45, 2.75) is 66.3 Å². The van der Waals surface area contributed by atoms with Crippen molar-refractivity contribution in [3.05, 3.63) is 17.0 Å². The first-order chi connectivity index (χ1) is 9.30. The lowest BCUT2D eigenvalue weighted by Crippen LogP contribution is -2.46. The van der Waals surface area contributed by atoms with Crippen molar-refractivity contribution < 1.29 is 9.32 Å².